The summed E-state index contributed by atoms with van der Waals surface area (Å²) in [5.41, 5.74) is 13.0. The van der Waals surface area contributed by atoms with Crippen LogP contribution in [0.5, 0.6) is 0 Å². The average molecular weight is 751 g/mol. The number of pyridine rings is 2. The summed E-state index contributed by atoms with van der Waals surface area (Å²) in [6.45, 7) is 8.71. The molecule has 6 rings (SSSR count). The van der Waals surface area contributed by atoms with Gasteiger partial charge in [-0.1, -0.05) is 116 Å². The van der Waals surface area contributed by atoms with Crippen LogP contribution >= 0.6 is 0 Å². The van der Waals surface area contributed by atoms with E-state index >= 15 is 0 Å². The molecule has 0 bridgehead atoms. The van der Waals surface area contributed by atoms with Crippen molar-refractivity contribution in [1.29, 1.82) is 0 Å². The average Bonchev–Trinajstić information content (AvgIpc) is 3.04. The Bertz CT molecular complexity index is 1730. The van der Waals surface area contributed by atoms with Gasteiger partial charge in [0.05, 0.1) is 0 Å². The number of rotatable bonds is 7. The molecule has 2 heterocycles. The first-order chi connectivity index (χ1) is 21.0. The van der Waals surface area contributed by atoms with Gasteiger partial charge in [0.15, 0.2) is 0 Å². The standard InChI is InChI=1S/C24H18N.C17H20N.Ir/c1-3-9-19(10-4-1)17-22-18-21(24-13-7-8-16-25-24)14-15-23(22)20-11-5-2-6-12-20;1-12(2)9-16-11-18-17(10-14(16)4)15-7-5-13(3)6-8-15;/h1-13,15-16,18H,17H2;5-7,10-12H,9H2,1-4H3;/q2*-1;. The minimum absolute atomic E-state index is 0. The van der Waals surface area contributed by atoms with Crippen LogP contribution in [0, 0.1) is 31.9 Å². The van der Waals surface area contributed by atoms with Crippen LogP contribution in [-0.2, 0) is 32.9 Å². The molecular weight excluding hydrogens is 713 g/mol. The predicted molar refractivity (Wildman–Crippen MR) is 180 cm³/mol. The van der Waals surface area contributed by atoms with Crippen molar-refractivity contribution in [2.75, 3.05) is 0 Å². The van der Waals surface area contributed by atoms with Crippen LogP contribution in [-0.4, -0.2) is 9.97 Å². The summed E-state index contributed by atoms with van der Waals surface area (Å²) >= 11 is 0. The minimum Gasteiger partial charge on any atom is -0.305 e. The second kappa shape index (κ2) is 16.1. The molecule has 2 nitrogen and oxygen atoms in total. The fourth-order valence-electron chi connectivity index (χ4n) is 5.10. The van der Waals surface area contributed by atoms with Gasteiger partial charge in [0.25, 0.3) is 0 Å². The maximum Gasteiger partial charge on any atom is 0.0195 e. The van der Waals surface area contributed by atoms with Gasteiger partial charge in [0, 0.05) is 32.5 Å². The number of aromatic nitrogens is 2. The normalized spacial score (nSPS) is 10.5. The third-order valence-corrected chi connectivity index (χ3v) is 7.39. The van der Waals surface area contributed by atoms with Gasteiger partial charge < -0.3 is 9.97 Å². The van der Waals surface area contributed by atoms with Crippen molar-refractivity contribution in [3.8, 4) is 33.6 Å². The first kappa shape index (κ1) is 32.7. The summed E-state index contributed by atoms with van der Waals surface area (Å²) in [7, 11) is 0. The zero-order chi connectivity index (χ0) is 30.0. The predicted octanol–water partition coefficient (Wildman–Crippen LogP) is 10.2. The zero-order valence-electron chi connectivity index (χ0n) is 25.8. The molecule has 3 heteroatoms. The minimum atomic E-state index is 0. The van der Waals surface area contributed by atoms with Crippen molar-refractivity contribution in [3.63, 3.8) is 0 Å². The molecule has 0 N–H and O–H groups in total. The van der Waals surface area contributed by atoms with E-state index < -0.39 is 0 Å². The Morgan fingerprint density at radius 1 is 0.659 bits per heavy atom. The second-order valence-electron chi connectivity index (χ2n) is 11.4. The molecule has 223 valence electrons. The van der Waals surface area contributed by atoms with E-state index in [4.69, 9.17) is 0 Å². The van der Waals surface area contributed by atoms with Crippen molar-refractivity contribution in [1.82, 2.24) is 9.97 Å². The van der Waals surface area contributed by atoms with Gasteiger partial charge in [-0.2, -0.15) is 0 Å². The molecule has 0 aliphatic rings. The topological polar surface area (TPSA) is 25.8 Å². The quantitative estimate of drug-likeness (QED) is 0.152. The summed E-state index contributed by atoms with van der Waals surface area (Å²) in [5, 5.41) is 0. The van der Waals surface area contributed by atoms with Crippen LogP contribution in [0.15, 0.2) is 128 Å². The number of hydrogen-bond acceptors (Lipinski definition) is 2. The summed E-state index contributed by atoms with van der Waals surface area (Å²) in [6.07, 6.45) is 5.82. The SMILES string of the molecule is Cc1c[c-]c(-c2cc(C)c(CC(C)C)cn2)cc1.[Ir].[c-]1cc(-c2ccccc2)c(Cc2ccccc2)cc1-c1ccccn1. The molecule has 0 unspecified atom stereocenters. The maximum absolute atomic E-state index is 4.56. The van der Waals surface area contributed by atoms with Gasteiger partial charge in [-0.15, -0.1) is 64.7 Å². The maximum atomic E-state index is 4.56. The monoisotopic (exact) mass is 751 g/mol. The number of hydrogen-bond donors (Lipinski definition) is 0. The van der Waals surface area contributed by atoms with E-state index in [2.05, 4.69) is 135 Å². The van der Waals surface area contributed by atoms with Gasteiger partial charge in [-0.05, 0) is 54.3 Å². The van der Waals surface area contributed by atoms with E-state index in [1.165, 1.54) is 38.9 Å². The van der Waals surface area contributed by atoms with Crippen LogP contribution in [0.4, 0.5) is 0 Å². The van der Waals surface area contributed by atoms with Gasteiger partial charge >= 0.3 is 0 Å². The molecule has 0 atom stereocenters. The molecule has 2 aromatic heterocycles. The molecule has 4 aromatic carbocycles. The zero-order valence-corrected chi connectivity index (χ0v) is 28.2. The Kier molecular flexibility index (Phi) is 11.9. The van der Waals surface area contributed by atoms with Crippen LogP contribution < -0.4 is 0 Å². The van der Waals surface area contributed by atoms with Gasteiger partial charge in [-0.25, -0.2) is 0 Å². The Hall–Kier alpha value is -4.17. The largest absolute Gasteiger partial charge is 0.305 e. The molecule has 0 amide bonds. The fraction of sp³-hybridized carbons (Fsp3) is 0.171. The van der Waals surface area contributed by atoms with Crippen LogP contribution in [0.2, 0.25) is 0 Å². The van der Waals surface area contributed by atoms with E-state index in [-0.39, 0.29) is 20.1 Å². The first-order valence-electron chi connectivity index (χ1n) is 15.0. The van der Waals surface area contributed by atoms with Crippen LogP contribution in [0.3, 0.4) is 0 Å². The van der Waals surface area contributed by atoms with Crippen LogP contribution in [0.25, 0.3) is 33.6 Å². The fourth-order valence-corrected chi connectivity index (χ4v) is 5.10. The second-order valence-corrected chi connectivity index (χ2v) is 11.4. The third kappa shape index (κ3) is 8.92. The summed E-state index contributed by atoms with van der Waals surface area (Å²) in [5.74, 6) is 0.669. The van der Waals surface area contributed by atoms with Crippen molar-refractivity contribution in [2.24, 2.45) is 5.92 Å². The molecular formula is C41H38IrN2-2. The first-order valence-corrected chi connectivity index (χ1v) is 15.0. The Morgan fingerprint density at radius 2 is 1.36 bits per heavy atom. The van der Waals surface area contributed by atoms with Crippen molar-refractivity contribution >= 4 is 0 Å². The van der Waals surface area contributed by atoms with Crippen molar-refractivity contribution in [2.45, 2.75) is 40.5 Å². The van der Waals surface area contributed by atoms with Crippen molar-refractivity contribution < 1.29 is 20.1 Å². The molecule has 0 spiro atoms. The molecule has 0 fully saturated rings. The van der Waals surface area contributed by atoms with E-state index in [1.807, 2.05) is 42.7 Å². The van der Waals surface area contributed by atoms with Crippen molar-refractivity contribution in [3.05, 3.63) is 168 Å². The number of benzene rings is 4. The van der Waals surface area contributed by atoms with E-state index in [0.717, 1.165) is 35.4 Å². The third-order valence-electron chi connectivity index (χ3n) is 7.39. The van der Waals surface area contributed by atoms with Gasteiger partial charge in [0.1, 0.15) is 0 Å². The molecule has 0 aliphatic carbocycles. The molecule has 1 radical (unpaired) electrons. The molecule has 44 heavy (non-hydrogen) atoms. The summed E-state index contributed by atoms with van der Waals surface area (Å²) in [6, 6.07) is 46.4. The van der Waals surface area contributed by atoms with E-state index in [9.17, 15) is 0 Å². The van der Waals surface area contributed by atoms with E-state index in [0.29, 0.717) is 5.92 Å². The Morgan fingerprint density at radius 3 is 2.00 bits per heavy atom. The summed E-state index contributed by atoms with van der Waals surface area (Å²) in [4.78, 5) is 9.03. The number of aryl methyl sites for hydroxylation is 2. The smallest absolute Gasteiger partial charge is 0.0195 e. The van der Waals surface area contributed by atoms with Gasteiger partial charge in [0.2, 0.25) is 0 Å². The van der Waals surface area contributed by atoms with Gasteiger partial charge in [-0.3, -0.25) is 0 Å². The summed E-state index contributed by atoms with van der Waals surface area (Å²) < 4.78 is 0. The van der Waals surface area contributed by atoms with Crippen LogP contribution in [0.1, 0.15) is 41.7 Å². The van der Waals surface area contributed by atoms with E-state index in [1.54, 1.807) is 0 Å². The molecule has 6 aromatic rings. The Balaban J connectivity index is 0.000000207. The molecule has 0 saturated carbocycles. The molecule has 0 aliphatic heterocycles. The Labute approximate surface area is 276 Å². The number of nitrogens with zero attached hydrogens (tertiary/aromatic N) is 2. The molecule has 0 saturated heterocycles.